The second-order valence-electron chi connectivity index (χ2n) is 4.80. The van der Waals surface area contributed by atoms with Gasteiger partial charge in [0.2, 0.25) is 0 Å². The van der Waals surface area contributed by atoms with Gasteiger partial charge >= 0.3 is 0 Å². The van der Waals surface area contributed by atoms with Crippen LogP contribution in [0, 0.1) is 12.7 Å². The SMILES string of the molecule is Cc1cccc2c1CCNC2c1ccccc1F. The van der Waals surface area contributed by atoms with Gasteiger partial charge in [-0.1, -0.05) is 36.4 Å². The summed E-state index contributed by atoms with van der Waals surface area (Å²) in [7, 11) is 0. The van der Waals surface area contributed by atoms with Gasteiger partial charge in [-0.25, -0.2) is 4.39 Å². The Morgan fingerprint density at radius 2 is 1.83 bits per heavy atom. The van der Waals surface area contributed by atoms with E-state index >= 15 is 0 Å². The molecule has 2 aromatic rings. The van der Waals surface area contributed by atoms with Crippen molar-refractivity contribution in [3.05, 3.63) is 70.5 Å². The number of benzene rings is 2. The second-order valence-corrected chi connectivity index (χ2v) is 4.80. The first-order valence-corrected chi connectivity index (χ1v) is 6.33. The van der Waals surface area contributed by atoms with Crippen molar-refractivity contribution in [2.24, 2.45) is 0 Å². The predicted molar refractivity (Wildman–Crippen MR) is 71.1 cm³/mol. The summed E-state index contributed by atoms with van der Waals surface area (Å²) in [6, 6.07) is 13.3. The van der Waals surface area contributed by atoms with Crippen LogP contribution in [-0.4, -0.2) is 6.54 Å². The van der Waals surface area contributed by atoms with Gasteiger partial charge in [-0.05, 0) is 36.1 Å². The van der Waals surface area contributed by atoms with Gasteiger partial charge in [0, 0.05) is 12.1 Å². The maximum absolute atomic E-state index is 13.9. The van der Waals surface area contributed by atoms with Crippen molar-refractivity contribution >= 4 is 0 Å². The molecule has 0 aromatic heterocycles. The summed E-state index contributed by atoms with van der Waals surface area (Å²) in [6.07, 6.45) is 1.02. The topological polar surface area (TPSA) is 12.0 Å². The molecule has 1 aliphatic rings. The summed E-state index contributed by atoms with van der Waals surface area (Å²) in [6.45, 7) is 3.03. The fourth-order valence-electron chi connectivity index (χ4n) is 2.78. The Morgan fingerprint density at radius 1 is 1.06 bits per heavy atom. The van der Waals surface area contributed by atoms with E-state index in [1.807, 2.05) is 12.1 Å². The standard InChI is InChI=1S/C16H16FN/c1-11-5-4-7-13-12(11)9-10-18-16(13)14-6-2-3-8-15(14)17/h2-8,16,18H,9-10H2,1H3. The fraction of sp³-hybridized carbons (Fsp3) is 0.250. The highest BCUT2D eigenvalue weighted by Gasteiger charge is 2.23. The zero-order valence-electron chi connectivity index (χ0n) is 10.4. The van der Waals surface area contributed by atoms with Gasteiger partial charge in [0.1, 0.15) is 5.82 Å². The molecule has 2 heteroatoms. The molecule has 92 valence electrons. The zero-order valence-corrected chi connectivity index (χ0v) is 10.4. The van der Waals surface area contributed by atoms with Crippen molar-refractivity contribution in [2.45, 2.75) is 19.4 Å². The average molecular weight is 241 g/mol. The van der Waals surface area contributed by atoms with Crippen LogP contribution in [-0.2, 0) is 6.42 Å². The predicted octanol–water partition coefficient (Wildman–Crippen LogP) is 3.37. The van der Waals surface area contributed by atoms with Crippen LogP contribution in [0.1, 0.15) is 28.3 Å². The monoisotopic (exact) mass is 241 g/mol. The average Bonchev–Trinajstić information content (AvgIpc) is 2.40. The molecule has 0 amide bonds. The lowest BCUT2D eigenvalue weighted by molar-refractivity contribution is 0.527. The first-order chi connectivity index (χ1) is 8.77. The van der Waals surface area contributed by atoms with E-state index in [0.717, 1.165) is 18.5 Å². The third kappa shape index (κ3) is 1.83. The molecule has 1 N–H and O–H groups in total. The van der Waals surface area contributed by atoms with Crippen LogP contribution >= 0.6 is 0 Å². The Kier molecular flexibility index (Phi) is 2.88. The van der Waals surface area contributed by atoms with Crippen molar-refractivity contribution in [1.82, 2.24) is 5.32 Å². The maximum atomic E-state index is 13.9. The Labute approximate surface area is 107 Å². The highest BCUT2D eigenvalue weighted by atomic mass is 19.1. The molecule has 0 aliphatic carbocycles. The van der Waals surface area contributed by atoms with E-state index in [9.17, 15) is 4.39 Å². The molecule has 3 rings (SSSR count). The quantitative estimate of drug-likeness (QED) is 0.807. The third-order valence-electron chi connectivity index (χ3n) is 3.70. The van der Waals surface area contributed by atoms with E-state index in [2.05, 4.69) is 30.4 Å². The molecule has 2 aromatic carbocycles. The number of hydrogen-bond acceptors (Lipinski definition) is 1. The van der Waals surface area contributed by atoms with Crippen molar-refractivity contribution in [3.8, 4) is 0 Å². The summed E-state index contributed by atoms with van der Waals surface area (Å²) in [5, 5.41) is 3.42. The normalized spacial score (nSPS) is 18.4. The van der Waals surface area contributed by atoms with E-state index < -0.39 is 0 Å². The molecule has 1 atom stereocenters. The van der Waals surface area contributed by atoms with E-state index in [4.69, 9.17) is 0 Å². The van der Waals surface area contributed by atoms with E-state index in [-0.39, 0.29) is 11.9 Å². The second kappa shape index (κ2) is 4.54. The van der Waals surface area contributed by atoms with Gasteiger partial charge in [-0.15, -0.1) is 0 Å². The first-order valence-electron chi connectivity index (χ1n) is 6.33. The summed E-state index contributed by atoms with van der Waals surface area (Å²) in [4.78, 5) is 0. The number of rotatable bonds is 1. The van der Waals surface area contributed by atoms with Gasteiger partial charge < -0.3 is 5.32 Å². The molecule has 1 heterocycles. The first kappa shape index (κ1) is 11.4. The molecule has 18 heavy (non-hydrogen) atoms. The van der Waals surface area contributed by atoms with E-state index in [1.54, 1.807) is 6.07 Å². The largest absolute Gasteiger partial charge is 0.306 e. The molecule has 0 fully saturated rings. The number of aryl methyl sites for hydroxylation is 1. The molecule has 0 spiro atoms. The fourth-order valence-corrected chi connectivity index (χ4v) is 2.78. The van der Waals surface area contributed by atoms with E-state index in [1.165, 1.54) is 22.8 Å². The Balaban J connectivity index is 2.12. The highest BCUT2D eigenvalue weighted by Crippen LogP contribution is 2.31. The van der Waals surface area contributed by atoms with Crippen LogP contribution in [0.25, 0.3) is 0 Å². The molecule has 0 bridgehead atoms. The zero-order chi connectivity index (χ0) is 12.5. The van der Waals surface area contributed by atoms with Gasteiger partial charge in [-0.2, -0.15) is 0 Å². The number of halogens is 1. The number of nitrogens with one attached hydrogen (secondary N) is 1. The van der Waals surface area contributed by atoms with Crippen LogP contribution < -0.4 is 5.32 Å². The Bertz CT molecular complexity index is 577. The molecule has 0 radical (unpaired) electrons. The minimum Gasteiger partial charge on any atom is -0.306 e. The minimum atomic E-state index is -0.135. The summed E-state index contributed by atoms with van der Waals surface area (Å²) < 4.78 is 13.9. The highest BCUT2D eigenvalue weighted by molar-refractivity contribution is 5.43. The van der Waals surface area contributed by atoms with Crippen LogP contribution in [0.5, 0.6) is 0 Å². The van der Waals surface area contributed by atoms with Crippen molar-refractivity contribution in [2.75, 3.05) is 6.54 Å². The molecular weight excluding hydrogens is 225 g/mol. The molecule has 1 nitrogen and oxygen atoms in total. The van der Waals surface area contributed by atoms with Crippen LogP contribution in [0.2, 0.25) is 0 Å². The van der Waals surface area contributed by atoms with Gasteiger partial charge in [-0.3, -0.25) is 0 Å². The van der Waals surface area contributed by atoms with Crippen molar-refractivity contribution in [1.29, 1.82) is 0 Å². The lowest BCUT2D eigenvalue weighted by Gasteiger charge is -2.28. The van der Waals surface area contributed by atoms with Gasteiger partial charge in [0.25, 0.3) is 0 Å². The Hall–Kier alpha value is -1.67. The van der Waals surface area contributed by atoms with Crippen LogP contribution in [0.3, 0.4) is 0 Å². The van der Waals surface area contributed by atoms with Gasteiger partial charge in [0.15, 0.2) is 0 Å². The van der Waals surface area contributed by atoms with Crippen molar-refractivity contribution < 1.29 is 4.39 Å². The molecule has 1 unspecified atom stereocenters. The van der Waals surface area contributed by atoms with Crippen LogP contribution in [0.15, 0.2) is 42.5 Å². The summed E-state index contributed by atoms with van der Waals surface area (Å²) in [5.41, 5.74) is 4.62. The number of hydrogen-bond donors (Lipinski definition) is 1. The third-order valence-corrected chi connectivity index (χ3v) is 3.70. The maximum Gasteiger partial charge on any atom is 0.128 e. The van der Waals surface area contributed by atoms with Crippen molar-refractivity contribution in [3.63, 3.8) is 0 Å². The van der Waals surface area contributed by atoms with E-state index in [0.29, 0.717) is 0 Å². The number of fused-ring (bicyclic) bond motifs is 1. The lowest BCUT2D eigenvalue weighted by atomic mass is 9.87. The Morgan fingerprint density at radius 3 is 2.67 bits per heavy atom. The molecule has 0 saturated carbocycles. The summed E-state index contributed by atoms with van der Waals surface area (Å²) >= 11 is 0. The molecular formula is C16H16FN. The minimum absolute atomic E-state index is 0.0187. The van der Waals surface area contributed by atoms with Gasteiger partial charge in [0.05, 0.1) is 6.04 Å². The van der Waals surface area contributed by atoms with Crippen LogP contribution in [0.4, 0.5) is 4.39 Å². The molecule has 0 saturated heterocycles. The lowest BCUT2D eigenvalue weighted by Crippen LogP contribution is -2.31. The smallest absolute Gasteiger partial charge is 0.128 e. The summed E-state index contributed by atoms with van der Waals surface area (Å²) in [5.74, 6) is -0.135. The molecule has 1 aliphatic heterocycles.